The maximum absolute atomic E-state index is 12.9. The van der Waals surface area contributed by atoms with Crippen LogP contribution in [0.5, 0.6) is 11.5 Å². The van der Waals surface area contributed by atoms with Gasteiger partial charge in [-0.1, -0.05) is 41.9 Å². The summed E-state index contributed by atoms with van der Waals surface area (Å²) >= 11 is 5.90. The summed E-state index contributed by atoms with van der Waals surface area (Å²) in [7, 11) is 1.60. The normalized spacial score (nSPS) is 10.6. The van der Waals surface area contributed by atoms with Gasteiger partial charge in [0.2, 0.25) is 5.95 Å². The van der Waals surface area contributed by atoms with Crippen LogP contribution in [-0.2, 0) is 6.54 Å². The fourth-order valence-corrected chi connectivity index (χ4v) is 3.10. The van der Waals surface area contributed by atoms with E-state index < -0.39 is 0 Å². The molecule has 0 aliphatic carbocycles. The maximum atomic E-state index is 12.9. The molecule has 162 valence electrons. The molecule has 7 nitrogen and oxygen atoms in total. The molecule has 0 fully saturated rings. The number of rotatable bonds is 8. The van der Waals surface area contributed by atoms with Crippen molar-refractivity contribution < 1.29 is 14.3 Å². The Morgan fingerprint density at radius 2 is 1.66 bits per heavy atom. The predicted octanol–water partition coefficient (Wildman–Crippen LogP) is 4.94. The van der Waals surface area contributed by atoms with Gasteiger partial charge in [-0.05, 0) is 54.1 Å². The molecule has 3 aromatic carbocycles. The lowest BCUT2D eigenvalue weighted by Crippen LogP contribution is -2.22. The molecule has 0 atom stereocenters. The molecule has 0 aliphatic heterocycles. The van der Waals surface area contributed by atoms with Gasteiger partial charge in [-0.2, -0.15) is 9.67 Å². The van der Waals surface area contributed by atoms with E-state index in [-0.39, 0.29) is 12.5 Å². The third-order valence-corrected chi connectivity index (χ3v) is 4.91. The highest BCUT2D eigenvalue weighted by atomic mass is 35.5. The van der Waals surface area contributed by atoms with Gasteiger partial charge in [0.15, 0.2) is 12.4 Å². The fraction of sp³-hybridized carbons (Fsp3) is 0.125. The predicted molar refractivity (Wildman–Crippen MR) is 123 cm³/mol. The van der Waals surface area contributed by atoms with Gasteiger partial charge in [0.25, 0.3) is 5.91 Å². The van der Waals surface area contributed by atoms with Crippen LogP contribution in [0.3, 0.4) is 0 Å². The quantitative estimate of drug-likeness (QED) is 0.411. The summed E-state index contributed by atoms with van der Waals surface area (Å²) in [6.45, 7) is 0.292. The van der Waals surface area contributed by atoms with Crippen LogP contribution in [-0.4, -0.2) is 34.4 Å². The van der Waals surface area contributed by atoms with Crippen LogP contribution in [0, 0.1) is 0 Å². The molecule has 0 aliphatic rings. The highest BCUT2D eigenvalue weighted by Crippen LogP contribution is 2.22. The average Bonchev–Trinajstić information content (AvgIpc) is 3.27. The van der Waals surface area contributed by atoms with Crippen molar-refractivity contribution in [2.24, 2.45) is 0 Å². The SMILES string of the molecule is COc1ccc(-c2nc(NCc3ccccc3)n(C(=O)COc3ccc(Cl)cc3)n2)cc1. The first kappa shape index (κ1) is 21.4. The second-order valence-electron chi connectivity index (χ2n) is 6.87. The standard InChI is InChI=1S/C24H21ClN4O3/c1-31-20-11-7-18(8-12-20)23-27-24(26-15-17-5-3-2-4-6-17)29(28-23)22(30)16-32-21-13-9-19(25)10-14-21/h2-14H,15-16H2,1H3,(H,26,27,28). The molecule has 8 heteroatoms. The van der Waals surface area contributed by atoms with E-state index in [2.05, 4.69) is 15.4 Å². The summed E-state index contributed by atoms with van der Waals surface area (Å²) in [5.74, 6) is 1.66. The summed E-state index contributed by atoms with van der Waals surface area (Å²) in [6, 6.07) is 24.0. The largest absolute Gasteiger partial charge is 0.497 e. The van der Waals surface area contributed by atoms with Gasteiger partial charge in [0.05, 0.1) is 7.11 Å². The van der Waals surface area contributed by atoms with E-state index >= 15 is 0 Å². The van der Waals surface area contributed by atoms with Gasteiger partial charge in [0, 0.05) is 17.1 Å². The van der Waals surface area contributed by atoms with E-state index in [1.54, 1.807) is 31.4 Å². The monoisotopic (exact) mass is 448 g/mol. The first-order valence-electron chi connectivity index (χ1n) is 9.93. The van der Waals surface area contributed by atoms with Gasteiger partial charge in [-0.3, -0.25) is 4.79 Å². The Balaban J connectivity index is 1.56. The topological polar surface area (TPSA) is 78.3 Å². The lowest BCUT2D eigenvalue weighted by molar-refractivity contribution is 0.0824. The van der Waals surface area contributed by atoms with Crippen LogP contribution < -0.4 is 14.8 Å². The van der Waals surface area contributed by atoms with Crippen molar-refractivity contribution in [3.8, 4) is 22.9 Å². The second-order valence-corrected chi connectivity index (χ2v) is 7.31. The molecular formula is C24H21ClN4O3. The molecule has 0 bridgehead atoms. The number of hydrogen-bond acceptors (Lipinski definition) is 6. The number of ether oxygens (including phenoxy) is 2. The molecule has 0 radical (unpaired) electrons. The summed E-state index contributed by atoms with van der Waals surface area (Å²) in [5, 5.41) is 8.22. The molecule has 4 rings (SSSR count). The van der Waals surface area contributed by atoms with E-state index in [1.165, 1.54) is 4.68 Å². The van der Waals surface area contributed by atoms with Crippen LogP contribution >= 0.6 is 11.6 Å². The molecule has 4 aromatic rings. The molecule has 0 saturated heterocycles. The number of nitrogens with zero attached hydrogens (tertiary/aromatic N) is 3. The summed E-state index contributed by atoms with van der Waals surface area (Å²) in [4.78, 5) is 17.5. The number of benzene rings is 3. The Hall–Kier alpha value is -3.84. The molecule has 1 heterocycles. The van der Waals surface area contributed by atoms with E-state index in [0.717, 1.165) is 16.9 Å². The average molecular weight is 449 g/mol. The molecule has 1 N–H and O–H groups in total. The first-order valence-corrected chi connectivity index (χ1v) is 10.3. The number of nitrogens with one attached hydrogen (secondary N) is 1. The summed E-state index contributed by atoms with van der Waals surface area (Å²) < 4.78 is 12.0. The van der Waals surface area contributed by atoms with Gasteiger partial charge in [-0.15, -0.1) is 5.10 Å². The van der Waals surface area contributed by atoms with Crippen LogP contribution in [0.4, 0.5) is 5.95 Å². The minimum atomic E-state index is -0.359. The fourth-order valence-electron chi connectivity index (χ4n) is 2.98. The molecular weight excluding hydrogens is 428 g/mol. The van der Waals surface area contributed by atoms with Gasteiger partial charge >= 0.3 is 0 Å². The van der Waals surface area contributed by atoms with E-state index in [4.69, 9.17) is 21.1 Å². The van der Waals surface area contributed by atoms with Crippen LogP contribution in [0.2, 0.25) is 5.02 Å². The highest BCUT2D eigenvalue weighted by Gasteiger charge is 2.18. The Morgan fingerprint density at radius 3 is 2.34 bits per heavy atom. The van der Waals surface area contributed by atoms with Crippen molar-refractivity contribution in [1.82, 2.24) is 14.8 Å². The zero-order valence-corrected chi connectivity index (χ0v) is 18.1. The molecule has 32 heavy (non-hydrogen) atoms. The number of anilines is 1. The van der Waals surface area contributed by atoms with Crippen molar-refractivity contribution in [3.63, 3.8) is 0 Å². The van der Waals surface area contributed by atoms with Crippen LogP contribution in [0.25, 0.3) is 11.4 Å². The second kappa shape index (κ2) is 9.98. The minimum absolute atomic E-state index is 0.201. The Bertz CT molecular complexity index is 1180. The van der Waals surface area contributed by atoms with Crippen LogP contribution in [0.15, 0.2) is 78.9 Å². The van der Waals surface area contributed by atoms with Crippen molar-refractivity contribution in [2.45, 2.75) is 6.54 Å². The molecule has 0 spiro atoms. The molecule has 0 unspecified atom stereocenters. The maximum Gasteiger partial charge on any atom is 0.287 e. The number of halogens is 1. The molecule has 1 aromatic heterocycles. The van der Waals surface area contributed by atoms with E-state index in [0.29, 0.717) is 29.1 Å². The zero-order chi connectivity index (χ0) is 22.3. The van der Waals surface area contributed by atoms with Gasteiger partial charge < -0.3 is 14.8 Å². The molecule has 0 saturated carbocycles. The van der Waals surface area contributed by atoms with E-state index in [1.807, 2.05) is 54.6 Å². The Kier molecular flexibility index (Phi) is 6.67. The third kappa shape index (κ3) is 5.25. The number of hydrogen-bond donors (Lipinski definition) is 1. The van der Waals surface area contributed by atoms with Crippen LogP contribution in [0.1, 0.15) is 10.4 Å². The summed E-state index contributed by atoms with van der Waals surface area (Å²) in [6.07, 6.45) is 0. The smallest absolute Gasteiger partial charge is 0.287 e. The number of carbonyl (C=O) groups excluding carboxylic acids is 1. The van der Waals surface area contributed by atoms with Gasteiger partial charge in [0.1, 0.15) is 11.5 Å². The summed E-state index contributed by atoms with van der Waals surface area (Å²) in [5.41, 5.74) is 1.82. The van der Waals surface area contributed by atoms with Crippen molar-refractivity contribution in [1.29, 1.82) is 0 Å². The van der Waals surface area contributed by atoms with Crippen molar-refractivity contribution in [3.05, 3.63) is 89.4 Å². The lowest BCUT2D eigenvalue weighted by atomic mass is 10.2. The molecule has 0 amide bonds. The Labute approximate surface area is 190 Å². The zero-order valence-electron chi connectivity index (χ0n) is 17.4. The number of aromatic nitrogens is 3. The third-order valence-electron chi connectivity index (χ3n) is 4.66. The van der Waals surface area contributed by atoms with Crippen molar-refractivity contribution >= 4 is 23.5 Å². The highest BCUT2D eigenvalue weighted by molar-refractivity contribution is 6.30. The van der Waals surface area contributed by atoms with Gasteiger partial charge in [-0.25, -0.2) is 0 Å². The van der Waals surface area contributed by atoms with E-state index in [9.17, 15) is 4.79 Å². The number of carbonyl (C=O) groups is 1. The van der Waals surface area contributed by atoms with Crippen molar-refractivity contribution in [2.75, 3.05) is 19.0 Å². The first-order chi connectivity index (χ1) is 15.6. The minimum Gasteiger partial charge on any atom is -0.497 e. The lowest BCUT2D eigenvalue weighted by Gasteiger charge is -2.08. The number of methoxy groups -OCH3 is 1. The Morgan fingerprint density at radius 1 is 0.969 bits per heavy atom.